The van der Waals surface area contributed by atoms with Gasteiger partial charge in [-0.15, -0.1) is 0 Å². The van der Waals surface area contributed by atoms with Gasteiger partial charge in [-0.2, -0.15) is 0 Å². The van der Waals surface area contributed by atoms with Crippen LogP contribution in [0.25, 0.3) is 10.9 Å². The number of aromatic hydroxyl groups is 1. The smallest absolute Gasteiger partial charge is 0.409 e. The quantitative estimate of drug-likeness (QED) is 0.656. The first-order valence-corrected chi connectivity index (χ1v) is 10.7. The van der Waals surface area contributed by atoms with Crippen LogP contribution in [0.3, 0.4) is 0 Å². The van der Waals surface area contributed by atoms with E-state index in [2.05, 4.69) is 14.9 Å². The predicted octanol–water partition coefficient (Wildman–Crippen LogP) is 4.16. The van der Waals surface area contributed by atoms with Gasteiger partial charge in [-0.25, -0.2) is 4.79 Å². The maximum Gasteiger partial charge on any atom is 0.409 e. The minimum absolute atomic E-state index is 0.0983. The van der Waals surface area contributed by atoms with Crippen LogP contribution in [-0.4, -0.2) is 63.8 Å². The highest BCUT2D eigenvalue weighted by molar-refractivity contribution is 6.35. The highest BCUT2D eigenvalue weighted by Gasteiger charge is 2.32. The molecule has 1 aliphatic rings. The van der Waals surface area contributed by atoms with Crippen LogP contribution < -0.4 is 0 Å². The normalized spacial score (nSPS) is 15.8. The summed E-state index contributed by atoms with van der Waals surface area (Å²) in [5, 5.41) is 12.4. The molecule has 2 aromatic heterocycles. The number of phenols is 1. The summed E-state index contributed by atoms with van der Waals surface area (Å²) in [7, 11) is 0. The first-order chi connectivity index (χ1) is 15.0. The van der Waals surface area contributed by atoms with Crippen molar-refractivity contribution in [2.24, 2.45) is 0 Å². The summed E-state index contributed by atoms with van der Waals surface area (Å²) >= 11 is 6.58. The molecule has 1 aliphatic heterocycles. The highest BCUT2D eigenvalue weighted by Crippen LogP contribution is 2.40. The van der Waals surface area contributed by atoms with Crippen molar-refractivity contribution in [1.82, 2.24) is 19.8 Å². The van der Waals surface area contributed by atoms with Gasteiger partial charge in [-0.3, -0.25) is 14.9 Å². The van der Waals surface area contributed by atoms with Gasteiger partial charge in [0.1, 0.15) is 11.3 Å². The second kappa shape index (κ2) is 9.08. The molecule has 1 aromatic carbocycles. The van der Waals surface area contributed by atoms with Crippen LogP contribution in [0.1, 0.15) is 29.8 Å². The zero-order valence-electron chi connectivity index (χ0n) is 17.6. The van der Waals surface area contributed by atoms with E-state index in [1.807, 2.05) is 25.1 Å². The van der Waals surface area contributed by atoms with Crippen LogP contribution in [0.2, 0.25) is 5.02 Å². The number of amides is 1. The summed E-state index contributed by atoms with van der Waals surface area (Å²) in [6.45, 7) is 6.44. The van der Waals surface area contributed by atoms with Crippen molar-refractivity contribution >= 4 is 28.6 Å². The Hall–Kier alpha value is -2.90. The zero-order chi connectivity index (χ0) is 22.0. The van der Waals surface area contributed by atoms with E-state index in [1.165, 1.54) is 0 Å². The number of hydrogen-bond acceptors (Lipinski definition) is 6. The standard InChI is InChI=1S/C23H25ClN4O3/c1-3-31-23(30)28-11-9-27(10-12-28)21(19-13-15(2)6-8-25-19)17-14-18(24)16-5-4-7-26-20(16)22(17)29/h4-8,13-14,21,29H,3,9-12H2,1-2H3. The molecule has 0 aliphatic carbocycles. The number of aromatic nitrogens is 2. The average Bonchev–Trinajstić information content (AvgIpc) is 2.78. The number of fused-ring (bicyclic) bond motifs is 1. The van der Waals surface area contributed by atoms with E-state index in [0.717, 1.165) is 11.3 Å². The second-order valence-corrected chi connectivity index (χ2v) is 7.99. The molecule has 1 amide bonds. The van der Waals surface area contributed by atoms with Crippen LogP contribution in [0, 0.1) is 6.92 Å². The molecule has 4 rings (SSSR count). The number of rotatable bonds is 4. The van der Waals surface area contributed by atoms with Crippen LogP contribution >= 0.6 is 11.6 Å². The van der Waals surface area contributed by atoms with Gasteiger partial charge in [0.15, 0.2) is 0 Å². The van der Waals surface area contributed by atoms with E-state index in [9.17, 15) is 9.90 Å². The molecule has 8 heteroatoms. The second-order valence-electron chi connectivity index (χ2n) is 7.58. The predicted molar refractivity (Wildman–Crippen MR) is 119 cm³/mol. The SMILES string of the molecule is CCOC(=O)N1CCN(C(c2cc(C)ccn2)c2cc(Cl)c3cccnc3c2O)CC1. The zero-order valence-corrected chi connectivity index (χ0v) is 18.3. The van der Waals surface area contributed by atoms with Crippen molar-refractivity contribution in [2.75, 3.05) is 32.8 Å². The third-order valence-electron chi connectivity index (χ3n) is 5.56. The number of carbonyl (C=O) groups is 1. The maximum atomic E-state index is 12.1. The molecule has 3 heterocycles. The summed E-state index contributed by atoms with van der Waals surface area (Å²) in [4.78, 5) is 25.0. The number of aryl methyl sites for hydroxylation is 1. The van der Waals surface area contributed by atoms with E-state index in [1.54, 1.807) is 36.4 Å². The number of piperazine rings is 1. The summed E-state index contributed by atoms with van der Waals surface area (Å²) in [6, 6.07) is 9.06. The third kappa shape index (κ3) is 4.29. The summed E-state index contributed by atoms with van der Waals surface area (Å²) in [5.74, 6) is 0.0983. The number of halogens is 1. The molecule has 162 valence electrons. The van der Waals surface area contributed by atoms with Crippen molar-refractivity contribution in [3.63, 3.8) is 0 Å². The molecule has 3 aromatic rings. The van der Waals surface area contributed by atoms with Gasteiger partial charge in [0, 0.05) is 49.5 Å². The van der Waals surface area contributed by atoms with E-state index in [0.29, 0.717) is 54.3 Å². The van der Waals surface area contributed by atoms with Gasteiger partial charge in [-0.05, 0) is 49.7 Å². The number of hydrogen-bond donors (Lipinski definition) is 1. The number of benzene rings is 1. The average molecular weight is 441 g/mol. The fraction of sp³-hybridized carbons (Fsp3) is 0.348. The fourth-order valence-electron chi connectivity index (χ4n) is 4.04. The van der Waals surface area contributed by atoms with Gasteiger partial charge >= 0.3 is 6.09 Å². The molecule has 0 radical (unpaired) electrons. The van der Waals surface area contributed by atoms with E-state index in [4.69, 9.17) is 16.3 Å². The summed E-state index contributed by atoms with van der Waals surface area (Å²) in [5.41, 5.74) is 3.00. The Morgan fingerprint density at radius 1 is 1.19 bits per heavy atom. The van der Waals surface area contributed by atoms with Gasteiger partial charge in [0.2, 0.25) is 0 Å². The number of phenolic OH excluding ortho intramolecular Hbond substituents is 1. The largest absolute Gasteiger partial charge is 0.505 e. The Bertz CT molecular complexity index is 1100. The van der Waals surface area contributed by atoms with Crippen LogP contribution in [0.15, 0.2) is 42.7 Å². The van der Waals surface area contributed by atoms with Gasteiger partial charge in [-0.1, -0.05) is 11.6 Å². The molecule has 0 spiro atoms. The van der Waals surface area contributed by atoms with Crippen molar-refractivity contribution < 1.29 is 14.6 Å². The molecule has 1 fully saturated rings. The Morgan fingerprint density at radius 3 is 2.68 bits per heavy atom. The number of pyridine rings is 2. The topological polar surface area (TPSA) is 78.8 Å². The van der Waals surface area contributed by atoms with Gasteiger partial charge < -0.3 is 14.7 Å². The van der Waals surface area contributed by atoms with Crippen LogP contribution in [0.5, 0.6) is 5.75 Å². The summed E-state index contributed by atoms with van der Waals surface area (Å²) in [6.07, 6.45) is 3.11. The molecule has 0 bridgehead atoms. The van der Waals surface area contributed by atoms with Crippen LogP contribution in [-0.2, 0) is 4.74 Å². The molecule has 1 saturated heterocycles. The Balaban J connectivity index is 1.75. The summed E-state index contributed by atoms with van der Waals surface area (Å²) < 4.78 is 5.14. The Kier molecular flexibility index (Phi) is 6.25. The molecule has 1 atom stereocenters. The lowest BCUT2D eigenvalue weighted by Crippen LogP contribution is -2.50. The molecule has 1 unspecified atom stereocenters. The van der Waals surface area contributed by atoms with E-state index in [-0.39, 0.29) is 17.9 Å². The van der Waals surface area contributed by atoms with Gasteiger partial charge in [0.25, 0.3) is 0 Å². The molecule has 0 saturated carbocycles. The van der Waals surface area contributed by atoms with E-state index >= 15 is 0 Å². The first kappa shape index (κ1) is 21.3. The lowest BCUT2D eigenvalue weighted by molar-refractivity contribution is 0.0707. The lowest BCUT2D eigenvalue weighted by Gasteiger charge is -2.39. The molecule has 1 N–H and O–H groups in total. The van der Waals surface area contributed by atoms with Crippen molar-refractivity contribution in [1.29, 1.82) is 0 Å². The van der Waals surface area contributed by atoms with Crippen LogP contribution in [0.4, 0.5) is 4.79 Å². The molecule has 7 nitrogen and oxygen atoms in total. The monoisotopic (exact) mass is 440 g/mol. The highest BCUT2D eigenvalue weighted by atomic mass is 35.5. The first-order valence-electron chi connectivity index (χ1n) is 10.3. The number of carbonyl (C=O) groups excluding carboxylic acids is 1. The van der Waals surface area contributed by atoms with E-state index < -0.39 is 0 Å². The Morgan fingerprint density at radius 2 is 1.97 bits per heavy atom. The maximum absolute atomic E-state index is 12.1. The molecule has 31 heavy (non-hydrogen) atoms. The van der Waals surface area contributed by atoms with Crippen molar-refractivity contribution in [3.8, 4) is 5.75 Å². The minimum Gasteiger partial charge on any atom is -0.505 e. The third-order valence-corrected chi connectivity index (χ3v) is 5.87. The lowest BCUT2D eigenvalue weighted by atomic mass is 9.96. The number of ether oxygens (including phenoxy) is 1. The van der Waals surface area contributed by atoms with Gasteiger partial charge in [0.05, 0.1) is 23.4 Å². The molecular weight excluding hydrogens is 416 g/mol. The fourth-order valence-corrected chi connectivity index (χ4v) is 4.31. The number of nitrogens with zero attached hydrogens (tertiary/aromatic N) is 4. The molecular formula is C23H25ClN4O3. The van der Waals surface area contributed by atoms with Crippen molar-refractivity contribution in [3.05, 3.63) is 64.6 Å². The minimum atomic E-state index is -0.326. The Labute approximate surface area is 186 Å². The van der Waals surface area contributed by atoms with Crippen molar-refractivity contribution in [2.45, 2.75) is 19.9 Å².